The van der Waals surface area contributed by atoms with Crippen molar-refractivity contribution in [1.82, 2.24) is 10.4 Å². The van der Waals surface area contributed by atoms with Crippen molar-refractivity contribution in [3.63, 3.8) is 0 Å². The fourth-order valence-corrected chi connectivity index (χ4v) is 8.73. The van der Waals surface area contributed by atoms with Crippen LogP contribution < -0.4 is 14.9 Å². The smallest absolute Gasteiger partial charge is 0.285 e. The number of non-ortho nitro benzene ring substituents is 1. The first-order valence-electron chi connectivity index (χ1n) is 13.5. The van der Waals surface area contributed by atoms with Gasteiger partial charge in [-0.05, 0) is 110 Å². The number of nitro groups is 1. The second-order valence-corrected chi connectivity index (χ2v) is 13.9. The van der Waals surface area contributed by atoms with E-state index < -0.39 is 4.92 Å². The Kier molecular flexibility index (Phi) is 7.58. The van der Waals surface area contributed by atoms with Gasteiger partial charge in [0.05, 0.1) is 22.4 Å². The number of ether oxygens (including phenoxy) is 2. The van der Waals surface area contributed by atoms with Crippen LogP contribution in [-0.2, 0) is 16.2 Å². The molecule has 214 valence electrons. The van der Waals surface area contributed by atoms with Crippen LogP contribution in [-0.4, -0.2) is 33.2 Å². The van der Waals surface area contributed by atoms with Crippen molar-refractivity contribution in [2.45, 2.75) is 45.1 Å². The van der Waals surface area contributed by atoms with Crippen LogP contribution in [0.2, 0.25) is 0 Å². The normalized spacial score (nSPS) is 27.4. The number of rotatable bonds is 8. The molecule has 1 saturated heterocycles. The number of thiocarbonyl (C=S) groups is 1. The van der Waals surface area contributed by atoms with Gasteiger partial charge in [0.1, 0.15) is 6.61 Å². The number of hydrazine groups is 1. The molecule has 5 fully saturated rings. The van der Waals surface area contributed by atoms with Gasteiger partial charge >= 0.3 is 0 Å². The molecule has 0 radical (unpaired) electrons. The van der Waals surface area contributed by atoms with E-state index >= 15 is 0 Å². The molecule has 0 atom stereocenters. The van der Waals surface area contributed by atoms with Crippen LogP contribution in [0, 0.1) is 33.3 Å². The van der Waals surface area contributed by atoms with Gasteiger partial charge < -0.3 is 9.47 Å². The first kappa shape index (κ1) is 28.2. The van der Waals surface area contributed by atoms with E-state index in [1.165, 1.54) is 43.5 Å². The summed E-state index contributed by atoms with van der Waals surface area (Å²) in [7, 11) is 1.52. The van der Waals surface area contributed by atoms with Crippen molar-refractivity contribution in [2.24, 2.45) is 23.2 Å². The maximum Gasteiger partial charge on any atom is 0.285 e. The lowest BCUT2D eigenvalue weighted by molar-refractivity contribution is -0.384. The van der Waals surface area contributed by atoms with Crippen LogP contribution in [0.3, 0.4) is 0 Å². The summed E-state index contributed by atoms with van der Waals surface area (Å²) in [4.78, 5) is 37.7. The number of carbonyl (C=O) groups is 2. The van der Waals surface area contributed by atoms with Crippen molar-refractivity contribution in [2.75, 3.05) is 7.11 Å². The molecule has 1 N–H and O–H groups in total. The van der Waals surface area contributed by atoms with Gasteiger partial charge in [0.2, 0.25) is 5.91 Å². The van der Waals surface area contributed by atoms with Crippen LogP contribution >= 0.6 is 39.9 Å². The third kappa shape index (κ3) is 5.49. The molecule has 5 aliphatic rings. The van der Waals surface area contributed by atoms with Crippen LogP contribution in [0.1, 0.15) is 49.7 Å². The van der Waals surface area contributed by atoms with E-state index in [0.717, 1.165) is 36.6 Å². The molecule has 2 amide bonds. The summed E-state index contributed by atoms with van der Waals surface area (Å²) in [6.07, 6.45) is 8.12. The number of methoxy groups -OCH3 is 1. The molecular formula is C29H28BrN3O6S2. The topological polar surface area (TPSA) is 111 Å². The lowest BCUT2D eigenvalue weighted by Crippen LogP contribution is -2.57. The number of hydrogen-bond donors (Lipinski definition) is 1. The molecule has 4 aliphatic carbocycles. The number of thioether (sulfide) groups is 1. The highest BCUT2D eigenvalue weighted by atomic mass is 79.9. The molecule has 2 aromatic carbocycles. The van der Waals surface area contributed by atoms with Crippen molar-refractivity contribution in [3.8, 4) is 11.5 Å². The summed E-state index contributed by atoms with van der Waals surface area (Å²) in [5.74, 6) is 2.33. The highest BCUT2D eigenvalue weighted by Gasteiger charge is 2.55. The quantitative estimate of drug-likeness (QED) is 0.150. The third-order valence-corrected chi connectivity index (χ3v) is 10.6. The van der Waals surface area contributed by atoms with E-state index in [1.807, 2.05) is 0 Å². The number of benzene rings is 2. The van der Waals surface area contributed by atoms with Crippen molar-refractivity contribution >= 4 is 67.8 Å². The van der Waals surface area contributed by atoms with Gasteiger partial charge in [-0.25, -0.2) is 0 Å². The van der Waals surface area contributed by atoms with E-state index in [9.17, 15) is 19.7 Å². The average molecular weight is 659 g/mol. The first-order valence-corrected chi connectivity index (χ1v) is 15.5. The molecule has 9 nitrogen and oxygen atoms in total. The van der Waals surface area contributed by atoms with Gasteiger partial charge in [-0.15, -0.1) is 0 Å². The summed E-state index contributed by atoms with van der Waals surface area (Å²) in [5.41, 5.74) is 3.95. The van der Waals surface area contributed by atoms with Crippen molar-refractivity contribution < 1.29 is 24.0 Å². The van der Waals surface area contributed by atoms with Gasteiger partial charge in [-0.2, -0.15) is 5.01 Å². The second-order valence-electron chi connectivity index (χ2n) is 11.4. The fourth-order valence-electron chi connectivity index (χ4n) is 7.12. The molecule has 7 rings (SSSR count). The summed E-state index contributed by atoms with van der Waals surface area (Å²) in [6.45, 7) is 0.183. The van der Waals surface area contributed by atoms with E-state index in [0.29, 0.717) is 48.5 Å². The highest BCUT2D eigenvalue weighted by molar-refractivity contribution is 9.10. The second kappa shape index (κ2) is 11.0. The molecule has 4 saturated carbocycles. The Labute approximate surface area is 255 Å². The Balaban J connectivity index is 1.15. The Morgan fingerprint density at radius 1 is 1.17 bits per heavy atom. The zero-order chi connectivity index (χ0) is 28.9. The van der Waals surface area contributed by atoms with Gasteiger partial charge in [0.15, 0.2) is 15.8 Å². The number of carbonyl (C=O) groups excluding carboxylic acids is 2. The Morgan fingerprint density at radius 2 is 1.80 bits per heavy atom. The minimum atomic E-state index is -0.450. The molecular weight excluding hydrogens is 630 g/mol. The summed E-state index contributed by atoms with van der Waals surface area (Å²) in [6, 6.07) is 9.62. The van der Waals surface area contributed by atoms with Gasteiger partial charge in [-0.3, -0.25) is 25.1 Å². The minimum absolute atomic E-state index is 0.0103. The maximum absolute atomic E-state index is 13.5. The Hall–Kier alpha value is -2.96. The van der Waals surface area contributed by atoms with Crippen molar-refractivity contribution in [1.29, 1.82) is 0 Å². The molecule has 4 bridgehead atoms. The van der Waals surface area contributed by atoms with E-state index in [2.05, 4.69) is 21.4 Å². The molecule has 0 unspecified atom stereocenters. The molecule has 12 heteroatoms. The Bertz CT molecular complexity index is 1440. The van der Waals surface area contributed by atoms with Gasteiger partial charge in [0, 0.05) is 16.6 Å². The van der Waals surface area contributed by atoms with Gasteiger partial charge in [0.25, 0.3) is 11.6 Å². The van der Waals surface area contributed by atoms with Gasteiger partial charge in [-0.1, -0.05) is 27.7 Å². The number of nitrogens with zero attached hydrogens (tertiary/aromatic N) is 2. The SMILES string of the molecule is COc1cc(/C=C2/SC(=S)N(NC(=O)C34CC5CC(CC(C5)C3)C4)C2=O)c(Br)cc1OCc1ccc([N+](=O)[O-])cc1. The third-order valence-electron chi connectivity index (χ3n) is 8.64. The minimum Gasteiger partial charge on any atom is -0.493 e. The van der Waals surface area contributed by atoms with Crippen LogP contribution in [0.25, 0.3) is 6.08 Å². The monoisotopic (exact) mass is 657 g/mol. The number of nitrogens with one attached hydrogen (secondary N) is 1. The molecule has 1 aliphatic heterocycles. The molecule has 41 heavy (non-hydrogen) atoms. The molecule has 1 heterocycles. The Morgan fingerprint density at radius 3 is 2.39 bits per heavy atom. The van der Waals surface area contributed by atoms with E-state index in [1.54, 1.807) is 30.3 Å². The molecule has 2 aromatic rings. The zero-order valence-electron chi connectivity index (χ0n) is 22.3. The largest absolute Gasteiger partial charge is 0.493 e. The van der Waals surface area contributed by atoms with Crippen LogP contribution in [0.15, 0.2) is 45.8 Å². The van der Waals surface area contributed by atoms with Crippen molar-refractivity contribution in [3.05, 3.63) is 67.0 Å². The predicted molar refractivity (Wildman–Crippen MR) is 162 cm³/mol. The average Bonchev–Trinajstić information content (AvgIpc) is 3.19. The molecule has 0 aromatic heterocycles. The first-order chi connectivity index (χ1) is 19.6. The summed E-state index contributed by atoms with van der Waals surface area (Å²) in [5, 5.41) is 12.1. The standard InChI is InChI=1S/C29H28BrN3O6S2/c1-38-23-9-20(22(30)11-24(23)39-15-16-2-4-21(5-3-16)33(36)37)10-25-26(34)32(28(40)41-25)31-27(35)29-12-17-6-18(13-29)8-19(7-17)14-29/h2-5,9-11,17-19H,6-8,12-15H2,1H3,(H,31,35)/b25-10+. The van der Waals surface area contributed by atoms with E-state index in [-0.39, 0.29) is 29.5 Å². The zero-order valence-corrected chi connectivity index (χ0v) is 25.5. The number of amides is 2. The van der Waals surface area contributed by atoms with Crippen LogP contribution in [0.4, 0.5) is 5.69 Å². The number of halogens is 1. The lowest BCUT2D eigenvalue weighted by Gasteiger charge is -2.55. The predicted octanol–water partition coefficient (Wildman–Crippen LogP) is 6.39. The molecule has 0 spiro atoms. The maximum atomic E-state index is 13.5. The fraction of sp³-hybridized carbons (Fsp3) is 0.414. The number of hydrogen-bond acceptors (Lipinski definition) is 8. The lowest BCUT2D eigenvalue weighted by atomic mass is 9.49. The summed E-state index contributed by atoms with van der Waals surface area (Å²) >= 11 is 10.2. The summed E-state index contributed by atoms with van der Waals surface area (Å²) < 4.78 is 12.4. The number of nitro benzene ring substituents is 1. The van der Waals surface area contributed by atoms with Crippen LogP contribution in [0.5, 0.6) is 11.5 Å². The van der Waals surface area contributed by atoms with E-state index in [4.69, 9.17) is 21.7 Å². The highest BCUT2D eigenvalue weighted by Crippen LogP contribution is 2.60.